The van der Waals surface area contributed by atoms with Crippen molar-refractivity contribution in [3.63, 3.8) is 0 Å². The highest BCUT2D eigenvalue weighted by Crippen LogP contribution is 2.59. The molecule has 2 rings (SSSR count). The summed E-state index contributed by atoms with van der Waals surface area (Å²) in [5, 5.41) is 0. The van der Waals surface area contributed by atoms with Crippen LogP contribution in [0.3, 0.4) is 0 Å². The van der Waals surface area contributed by atoms with Crippen LogP contribution >= 0.6 is 0 Å². The first-order chi connectivity index (χ1) is 3.77. The molecule has 0 aromatic heterocycles. The van der Waals surface area contributed by atoms with Crippen molar-refractivity contribution >= 4 is 0 Å². The molecule has 0 aromatic carbocycles. The van der Waals surface area contributed by atoms with Crippen LogP contribution < -0.4 is 0 Å². The largest absolute Gasteiger partial charge is 0.374 e. The first-order valence-corrected chi connectivity index (χ1v) is 3.41. The normalized spacial score (nSPS) is 60.8. The monoisotopic (exact) mass is 112 g/mol. The van der Waals surface area contributed by atoms with E-state index in [0.717, 1.165) is 18.4 Å². The predicted octanol–water partition coefficient (Wildman–Crippen LogP) is 1.43. The molecule has 1 spiro atoms. The molecule has 1 nitrogen and oxygen atoms in total. The zero-order valence-corrected chi connectivity index (χ0v) is 5.48. The van der Waals surface area contributed by atoms with Crippen LogP contribution in [0.15, 0.2) is 0 Å². The molecule has 0 bridgehead atoms. The molecule has 0 N–H and O–H groups in total. The fourth-order valence-corrected chi connectivity index (χ4v) is 1.88. The van der Waals surface area contributed by atoms with E-state index in [2.05, 4.69) is 13.8 Å². The highest BCUT2D eigenvalue weighted by Gasteiger charge is 2.64. The van der Waals surface area contributed by atoms with E-state index in [4.69, 9.17) is 4.74 Å². The molecule has 2 unspecified atom stereocenters. The van der Waals surface area contributed by atoms with Gasteiger partial charge in [0.15, 0.2) is 0 Å². The summed E-state index contributed by atoms with van der Waals surface area (Å²) >= 11 is 0. The zero-order valence-electron chi connectivity index (χ0n) is 5.48. The van der Waals surface area contributed by atoms with Crippen LogP contribution in [-0.4, -0.2) is 12.2 Å². The molecule has 46 valence electrons. The Hall–Kier alpha value is -0.0400. The minimum absolute atomic E-state index is 0.389. The van der Waals surface area contributed by atoms with Crippen LogP contribution in [-0.2, 0) is 4.74 Å². The zero-order chi connectivity index (χ0) is 5.78. The summed E-state index contributed by atoms with van der Waals surface area (Å²) in [7, 11) is 0. The van der Waals surface area contributed by atoms with Gasteiger partial charge in [-0.15, -0.1) is 0 Å². The van der Waals surface area contributed by atoms with E-state index in [-0.39, 0.29) is 0 Å². The SMILES string of the molecule is CC1C(C)C12CCO2. The van der Waals surface area contributed by atoms with Gasteiger partial charge >= 0.3 is 0 Å². The third-order valence-electron chi connectivity index (χ3n) is 3.05. The number of hydrogen-bond acceptors (Lipinski definition) is 1. The molecule has 0 radical (unpaired) electrons. The average Bonchev–Trinajstić information content (AvgIpc) is 2.10. The molecule has 1 aliphatic heterocycles. The lowest BCUT2D eigenvalue weighted by atomic mass is 10.1. The number of hydrogen-bond donors (Lipinski definition) is 0. The van der Waals surface area contributed by atoms with Crippen molar-refractivity contribution in [3.8, 4) is 0 Å². The maximum Gasteiger partial charge on any atom is 0.0762 e. The molecule has 1 saturated carbocycles. The van der Waals surface area contributed by atoms with Gasteiger partial charge in [0.25, 0.3) is 0 Å². The molecule has 1 aliphatic carbocycles. The van der Waals surface area contributed by atoms with Crippen LogP contribution in [0.1, 0.15) is 20.3 Å². The summed E-state index contributed by atoms with van der Waals surface area (Å²) < 4.78 is 5.45. The molecule has 1 saturated heterocycles. The Morgan fingerprint density at radius 3 is 1.88 bits per heavy atom. The smallest absolute Gasteiger partial charge is 0.0762 e. The van der Waals surface area contributed by atoms with Gasteiger partial charge in [0.2, 0.25) is 0 Å². The minimum Gasteiger partial charge on any atom is -0.374 e. The van der Waals surface area contributed by atoms with Crippen molar-refractivity contribution < 1.29 is 4.74 Å². The fourth-order valence-electron chi connectivity index (χ4n) is 1.88. The second-order valence-electron chi connectivity index (χ2n) is 3.13. The molecule has 0 aromatic rings. The fraction of sp³-hybridized carbons (Fsp3) is 1.00. The van der Waals surface area contributed by atoms with Gasteiger partial charge in [-0.3, -0.25) is 0 Å². The standard InChI is InChI=1S/C7H12O/c1-5-6(2)7(5)3-4-8-7/h5-6H,3-4H2,1-2H3. The molecule has 1 heteroatoms. The molecule has 1 heterocycles. The van der Waals surface area contributed by atoms with Crippen molar-refractivity contribution in [2.45, 2.75) is 25.9 Å². The van der Waals surface area contributed by atoms with Crippen LogP contribution in [0.5, 0.6) is 0 Å². The lowest BCUT2D eigenvalue weighted by Crippen LogP contribution is -2.32. The third kappa shape index (κ3) is 0.304. The Morgan fingerprint density at radius 1 is 1.38 bits per heavy atom. The summed E-state index contributed by atoms with van der Waals surface area (Å²) in [6, 6.07) is 0. The topological polar surface area (TPSA) is 9.23 Å². The summed E-state index contributed by atoms with van der Waals surface area (Å²) in [6.45, 7) is 5.57. The van der Waals surface area contributed by atoms with Crippen molar-refractivity contribution in [2.75, 3.05) is 6.61 Å². The van der Waals surface area contributed by atoms with Gasteiger partial charge in [-0.05, 0) is 11.8 Å². The summed E-state index contributed by atoms with van der Waals surface area (Å²) in [6.07, 6.45) is 1.31. The Morgan fingerprint density at radius 2 is 1.88 bits per heavy atom. The van der Waals surface area contributed by atoms with Crippen molar-refractivity contribution in [3.05, 3.63) is 0 Å². The number of ether oxygens (including phenoxy) is 1. The first kappa shape index (κ1) is 4.80. The van der Waals surface area contributed by atoms with Gasteiger partial charge in [-0.2, -0.15) is 0 Å². The molecule has 2 atom stereocenters. The van der Waals surface area contributed by atoms with Gasteiger partial charge in [-0.25, -0.2) is 0 Å². The second kappa shape index (κ2) is 1.10. The van der Waals surface area contributed by atoms with Crippen LogP contribution in [0.25, 0.3) is 0 Å². The Bertz CT molecular complexity index is 106. The highest BCUT2D eigenvalue weighted by atomic mass is 16.5. The van der Waals surface area contributed by atoms with Crippen LogP contribution in [0, 0.1) is 11.8 Å². The van der Waals surface area contributed by atoms with Gasteiger partial charge in [0.05, 0.1) is 12.2 Å². The highest BCUT2D eigenvalue weighted by molar-refractivity contribution is 5.12. The van der Waals surface area contributed by atoms with Crippen LogP contribution in [0.4, 0.5) is 0 Å². The Kier molecular flexibility index (Phi) is 0.663. The molecule has 0 amide bonds. The quantitative estimate of drug-likeness (QED) is 0.460. The van der Waals surface area contributed by atoms with E-state index in [1.54, 1.807) is 0 Å². The Labute approximate surface area is 50.0 Å². The minimum atomic E-state index is 0.389. The molecule has 2 fully saturated rings. The van der Waals surface area contributed by atoms with E-state index >= 15 is 0 Å². The lowest BCUT2D eigenvalue weighted by molar-refractivity contribution is -0.0901. The molecular formula is C7H12O. The van der Waals surface area contributed by atoms with Crippen molar-refractivity contribution in [2.24, 2.45) is 11.8 Å². The van der Waals surface area contributed by atoms with E-state index in [0.29, 0.717) is 5.60 Å². The maximum absolute atomic E-state index is 5.45. The van der Waals surface area contributed by atoms with Crippen molar-refractivity contribution in [1.82, 2.24) is 0 Å². The predicted molar refractivity (Wildman–Crippen MR) is 31.6 cm³/mol. The molecule has 2 aliphatic rings. The first-order valence-electron chi connectivity index (χ1n) is 3.41. The van der Waals surface area contributed by atoms with Gasteiger partial charge < -0.3 is 4.74 Å². The Balaban J connectivity index is 2.09. The molecule has 8 heavy (non-hydrogen) atoms. The van der Waals surface area contributed by atoms with Gasteiger partial charge in [0.1, 0.15) is 0 Å². The lowest BCUT2D eigenvalue weighted by Gasteiger charge is -2.28. The van der Waals surface area contributed by atoms with Crippen molar-refractivity contribution in [1.29, 1.82) is 0 Å². The second-order valence-corrected chi connectivity index (χ2v) is 3.13. The average molecular weight is 112 g/mol. The third-order valence-corrected chi connectivity index (χ3v) is 3.05. The summed E-state index contributed by atoms with van der Waals surface area (Å²) in [5.41, 5.74) is 0.389. The number of rotatable bonds is 0. The summed E-state index contributed by atoms with van der Waals surface area (Å²) in [5.74, 6) is 1.69. The molecular weight excluding hydrogens is 100 g/mol. The van der Waals surface area contributed by atoms with Gasteiger partial charge in [0, 0.05) is 6.42 Å². The van der Waals surface area contributed by atoms with E-state index in [1.807, 2.05) is 0 Å². The van der Waals surface area contributed by atoms with Crippen LogP contribution in [0.2, 0.25) is 0 Å². The van der Waals surface area contributed by atoms with E-state index in [1.165, 1.54) is 6.42 Å². The van der Waals surface area contributed by atoms with E-state index in [9.17, 15) is 0 Å². The van der Waals surface area contributed by atoms with Gasteiger partial charge in [-0.1, -0.05) is 13.8 Å². The summed E-state index contributed by atoms with van der Waals surface area (Å²) in [4.78, 5) is 0. The maximum atomic E-state index is 5.45. The van der Waals surface area contributed by atoms with E-state index < -0.39 is 0 Å².